The Bertz CT molecular complexity index is 878. The van der Waals surface area contributed by atoms with Crippen molar-refractivity contribution in [2.24, 2.45) is 0 Å². The first-order valence-electron chi connectivity index (χ1n) is 6.89. The van der Waals surface area contributed by atoms with Crippen molar-refractivity contribution in [3.05, 3.63) is 76.1 Å². The van der Waals surface area contributed by atoms with Gasteiger partial charge in [0.05, 0.1) is 0 Å². The minimum absolute atomic E-state index is 0.0606. The third-order valence-electron chi connectivity index (χ3n) is 3.34. The van der Waals surface area contributed by atoms with Gasteiger partial charge < -0.3 is 9.15 Å². The monoisotopic (exact) mass is 294 g/mol. The molecule has 0 bridgehead atoms. The fourth-order valence-corrected chi connectivity index (χ4v) is 2.17. The molecule has 3 rings (SSSR count). The van der Waals surface area contributed by atoms with E-state index in [2.05, 4.69) is 0 Å². The maximum atomic E-state index is 11.7. The molecule has 0 N–H and O–H groups in total. The van der Waals surface area contributed by atoms with Gasteiger partial charge in [0, 0.05) is 11.5 Å². The zero-order chi connectivity index (χ0) is 15.5. The average Bonchev–Trinajstić information content (AvgIpc) is 2.52. The minimum Gasteiger partial charge on any atom is -0.489 e. The number of fused-ring (bicyclic) bond motifs is 1. The molecule has 0 saturated carbocycles. The van der Waals surface area contributed by atoms with Gasteiger partial charge in [-0.1, -0.05) is 30.3 Å². The van der Waals surface area contributed by atoms with E-state index in [4.69, 9.17) is 9.15 Å². The number of carbonyl (C=O) groups is 1. The summed E-state index contributed by atoms with van der Waals surface area (Å²) in [6.45, 7) is 1.78. The molecule has 0 atom stereocenters. The molecule has 0 unspecified atom stereocenters. The first-order valence-corrected chi connectivity index (χ1v) is 6.89. The molecule has 4 heteroatoms. The second kappa shape index (κ2) is 5.85. The molecule has 110 valence electrons. The molecular formula is C18H14O4. The Morgan fingerprint density at radius 1 is 1.09 bits per heavy atom. The topological polar surface area (TPSA) is 56.5 Å². The molecule has 0 amide bonds. The van der Waals surface area contributed by atoms with Gasteiger partial charge in [0.15, 0.2) is 5.78 Å². The molecular weight excluding hydrogens is 280 g/mol. The highest BCUT2D eigenvalue weighted by Gasteiger charge is 2.10. The lowest BCUT2D eigenvalue weighted by molar-refractivity contribution is 0.101. The van der Waals surface area contributed by atoms with Crippen LogP contribution >= 0.6 is 0 Å². The van der Waals surface area contributed by atoms with Crippen molar-refractivity contribution in [1.82, 2.24) is 0 Å². The fraction of sp³-hybridized carbons (Fsp3) is 0.111. The molecule has 0 radical (unpaired) electrons. The van der Waals surface area contributed by atoms with Crippen LogP contribution in [0.1, 0.15) is 22.8 Å². The van der Waals surface area contributed by atoms with Gasteiger partial charge in [0.2, 0.25) is 0 Å². The van der Waals surface area contributed by atoms with E-state index in [1.807, 2.05) is 30.3 Å². The third kappa shape index (κ3) is 2.91. The number of hydrogen-bond donors (Lipinski definition) is 0. The molecule has 0 fully saturated rings. The Morgan fingerprint density at radius 3 is 2.59 bits per heavy atom. The zero-order valence-corrected chi connectivity index (χ0v) is 12.0. The van der Waals surface area contributed by atoms with Gasteiger partial charge in [-0.05, 0) is 30.7 Å². The molecule has 2 aromatic carbocycles. The second-order valence-electron chi connectivity index (χ2n) is 4.98. The molecule has 3 aromatic rings. The van der Waals surface area contributed by atoms with E-state index in [0.717, 1.165) is 5.56 Å². The number of ketones is 1. The molecule has 22 heavy (non-hydrogen) atoms. The Hall–Kier alpha value is -2.88. The number of Topliss-reactive ketones (excluding diaryl/α,β-unsaturated/α-hetero) is 1. The second-order valence-corrected chi connectivity index (χ2v) is 4.98. The van der Waals surface area contributed by atoms with Crippen molar-refractivity contribution < 1.29 is 13.9 Å². The van der Waals surface area contributed by atoms with Crippen molar-refractivity contribution in [3.63, 3.8) is 0 Å². The van der Waals surface area contributed by atoms with Crippen molar-refractivity contribution in [3.8, 4) is 5.75 Å². The Morgan fingerprint density at radius 2 is 1.86 bits per heavy atom. The van der Waals surface area contributed by atoms with Crippen LogP contribution < -0.4 is 10.4 Å². The summed E-state index contributed by atoms with van der Waals surface area (Å²) in [7, 11) is 0. The molecule has 0 saturated heterocycles. The van der Waals surface area contributed by atoms with Gasteiger partial charge in [-0.15, -0.1) is 0 Å². The van der Waals surface area contributed by atoms with E-state index < -0.39 is 5.63 Å². The molecule has 0 aliphatic rings. The van der Waals surface area contributed by atoms with Gasteiger partial charge in [0.25, 0.3) is 0 Å². The number of hydrogen-bond acceptors (Lipinski definition) is 4. The summed E-state index contributed by atoms with van der Waals surface area (Å²) in [6, 6.07) is 16.5. The van der Waals surface area contributed by atoms with Crippen LogP contribution in [-0.2, 0) is 6.61 Å². The third-order valence-corrected chi connectivity index (χ3v) is 3.34. The predicted molar refractivity (Wildman–Crippen MR) is 83.3 cm³/mol. The summed E-state index contributed by atoms with van der Waals surface area (Å²) < 4.78 is 10.9. The van der Waals surface area contributed by atoms with Crippen LogP contribution in [0.3, 0.4) is 0 Å². The smallest absolute Gasteiger partial charge is 0.347 e. The first kappa shape index (κ1) is 14.1. The largest absolute Gasteiger partial charge is 0.489 e. The number of rotatable bonds is 4. The Balaban J connectivity index is 1.88. The van der Waals surface area contributed by atoms with Crippen LogP contribution in [0, 0.1) is 0 Å². The maximum absolute atomic E-state index is 11.7. The summed E-state index contributed by atoms with van der Waals surface area (Å²) in [5, 5.41) is 0.692. The van der Waals surface area contributed by atoms with E-state index in [1.165, 1.54) is 6.92 Å². The lowest BCUT2D eigenvalue weighted by Crippen LogP contribution is -2.10. The summed E-state index contributed by atoms with van der Waals surface area (Å²) in [5.41, 5.74) is 0.891. The van der Waals surface area contributed by atoms with Crippen molar-refractivity contribution in [2.45, 2.75) is 13.5 Å². The molecule has 0 aliphatic carbocycles. The van der Waals surface area contributed by atoms with Crippen LogP contribution in [0.25, 0.3) is 11.0 Å². The zero-order valence-electron chi connectivity index (χ0n) is 12.0. The van der Waals surface area contributed by atoms with E-state index in [-0.39, 0.29) is 11.3 Å². The highest BCUT2D eigenvalue weighted by atomic mass is 16.5. The van der Waals surface area contributed by atoms with Gasteiger partial charge in [-0.3, -0.25) is 4.79 Å². The highest BCUT2D eigenvalue weighted by Crippen LogP contribution is 2.21. The molecule has 1 heterocycles. The predicted octanol–water partition coefficient (Wildman–Crippen LogP) is 3.57. The van der Waals surface area contributed by atoms with Crippen LogP contribution in [0.4, 0.5) is 0 Å². The molecule has 0 spiro atoms. The van der Waals surface area contributed by atoms with E-state index in [9.17, 15) is 9.59 Å². The summed E-state index contributed by atoms with van der Waals surface area (Å²) in [4.78, 5) is 23.1. The molecule has 4 nitrogen and oxygen atoms in total. The van der Waals surface area contributed by atoms with Crippen LogP contribution in [0.15, 0.2) is 63.8 Å². The van der Waals surface area contributed by atoms with E-state index in [0.29, 0.717) is 23.3 Å². The van der Waals surface area contributed by atoms with Crippen LogP contribution in [0.2, 0.25) is 0 Å². The number of benzene rings is 2. The Labute approximate surface area is 127 Å². The lowest BCUT2D eigenvalue weighted by atomic mass is 10.1. The number of ether oxygens (including phenoxy) is 1. The van der Waals surface area contributed by atoms with Crippen molar-refractivity contribution in [1.29, 1.82) is 0 Å². The SMILES string of the molecule is CC(=O)c1cc2ccc(OCc3ccccc3)cc2oc1=O. The van der Waals surface area contributed by atoms with Crippen molar-refractivity contribution in [2.75, 3.05) is 0 Å². The number of carbonyl (C=O) groups excluding carboxylic acids is 1. The van der Waals surface area contributed by atoms with E-state index in [1.54, 1.807) is 24.3 Å². The van der Waals surface area contributed by atoms with Crippen LogP contribution in [0.5, 0.6) is 5.75 Å². The van der Waals surface area contributed by atoms with Gasteiger partial charge >= 0.3 is 5.63 Å². The Kier molecular flexibility index (Phi) is 3.74. The van der Waals surface area contributed by atoms with Gasteiger partial charge in [-0.2, -0.15) is 0 Å². The standard InChI is InChI=1S/C18H14O4/c1-12(19)16-9-14-7-8-15(10-17(14)22-18(16)20)21-11-13-5-3-2-4-6-13/h2-10H,11H2,1H3. The van der Waals surface area contributed by atoms with Gasteiger partial charge in [0.1, 0.15) is 23.5 Å². The summed E-state index contributed by atoms with van der Waals surface area (Å²) in [5.74, 6) is 0.301. The highest BCUT2D eigenvalue weighted by molar-refractivity contribution is 5.96. The average molecular weight is 294 g/mol. The van der Waals surface area contributed by atoms with Crippen LogP contribution in [-0.4, -0.2) is 5.78 Å². The normalized spacial score (nSPS) is 10.6. The first-order chi connectivity index (χ1) is 10.6. The summed E-state index contributed by atoms with van der Waals surface area (Å²) >= 11 is 0. The summed E-state index contributed by atoms with van der Waals surface area (Å²) in [6.07, 6.45) is 0. The van der Waals surface area contributed by atoms with Gasteiger partial charge in [-0.25, -0.2) is 4.79 Å². The molecule has 1 aromatic heterocycles. The lowest BCUT2D eigenvalue weighted by Gasteiger charge is -2.07. The molecule has 0 aliphatic heterocycles. The van der Waals surface area contributed by atoms with Crippen molar-refractivity contribution >= 4 is 16.8 Å². The maximum Gasteiger partial charge on any atom is 0.347 e. The minimum atomic E-state index is -0.625. The fourth-order valence-electron chi connectivity index (χ4n) is 2.17. The quantitative estimate of drug-likeness (QED) is 0.545. The van der Waals surface area contributed by atoms with E-state index >= 15 is 0 Å².